The Balaban J connectivity index is 3.12. The van der Waals surface area contributed by atoms with Crippen molar-refractivity contribution in [1.29, 1.82) is 0 Å². The molecule has 188 valence electrons. The maximum absolute atomic E-state index is 10.4. The smallest absolute Gasteiger partial charge is 0.303 e. The quantitative estimate of drug-likeness (QED) is 0.105. The first-order valence-corrected chi connectivity index (χ1v) is 14.3. The van der Waals surface area contributed by atoms with Crippen LogP contribution in [0, 0.1) is 0 Å². The minimum atomic E-state index is -0.662. The van der Waals surface area contributed by atoms with Gasteiger partial charge >= 0.3 is 5.97 Å². The number of hydrogen-bond donors (Lipinski definition) is 1. The van der Waals surface area contributed by atoms with Gasteiger partial charge in [-0.05, 0) is 57.8 Å². The predicted octanol–water partition coefficient (Wildman–Crippen LogP) is 10.6. The van der Waals surface area contributed by atoms with Gasteiger partial charge in [-0.15, -0.1) is 0 Å². The van der Waals surface area contributed by atoms with Crippen LogP contribution in [-0.2, 0) is 4.79 Å². The zero-order valence-electron chi connectivity index (χ0n) is 21.6. The van der Waals surface area contributed by atoms with Gasteiger partial charge in [0.2, 0.25) is 0 Å². The molecule has 0 aromatic rings. The fourth-order valence-corrected chi connectivity index (χ4v) is 4.17. The van der Waals surface area contributed by atoms with Crippen LogP contribution >= 0.6 is 0 Å². The lowest BCUT2D eigenvalue weighted by Gasteiger charge is -2.02. The summed E-state index contributed by atoms with van der Waals surface area (Å²) in [7, 11) is 0. The molecule has 0 rings (SSSR count). The maximum atomic E-state index is 10.4. The topological polar surface area (TPSA) is 37.3 Å². The monoisotopic (exact) mass is 448 g/mol. The molecule has 0 unspecified atom stereocenters. The SMILES string of the molecule is CCCCCC/C=C\CCCCCCCCCCCC/C=C\CCCCCCCC(=O)O. The normalized spacial score (nSPS) is 11.8. The fourth-order valence-electron chi connectivity index (χ4n) is 4.17. The average molecular weight is 449 g/mol. The molecule has 2 heteroatoms. The zero-order chi connectivity index (χ0) is 23.4. The Morgan fingerprint density at radius 3 is 1.06 bits per heavy atom. The Morgan fingerprint density at radius 1 is 0.469 bits per heavy atom. The highest BCUT2D eigenvalue weighted by Gasteiger charge is 1.96. The van der Waals surface area contributed by atoms with E-state index in [1.54, 1.807) is 0 Å². The standard InChI is InChI=1S/C30H56O2/c1-2-3-4-5-6-7-8-9-10-11-12-13-14-15-16-17-18-19-20-21-22-23-24-25-26-27-28-29-30(31)32/h7-8,21-22H,2-6,9-20,23-29H2,1H3,(H,31,32)/b8-7-,22-21-. The van der Waals surface area contributed by atoms with E-state index < -0.39 is 5.97 Å². The van der Waals surface area contributed by atoms with Crippen LogP contribution < -0.4 is 0 Å². The van der Waals surface area contributed by atoms with Gasteiger partial charge in [0.25, 0.3) is 0 Å². The van der Waals surface area contributed by atoms with Crippen LogP contribution in [-0.4, -0.2) is 11.1 Å². The van der Waals surface area contributed by atoms with E-state index in [0.717, 1.165) is 12.8 Å². The highest BCUT2D eigenvalue weighted by molar-refractivity contribution is 5.66. The van der Waals surface area contributed by atoms with Gasteiger partial charge in [-0.3, -0.25) is 4.79 Å². The summed E-state index contributed by atoms with van der Waals surface area (Å²) in [5.41, 5.74) is 0. The lowest BCUT2D eigenvalue weighted by Crippen LogP contribution is -1.93. The van der Waals surface area contributed by atoms with E-state index in [-0.39, 0.29) is 0 Å². The average Bonchev–Trinajstić information content (AvgIpc) is 2.78. The van der Waals surface area contributed by atoms with E-state index in [1.807, 2.05) is 0 Å². The largest absolute Gasteiger partial charge is 0.481 e. The maximum Gasteiger partial charge on any atom is 0.303 e. The van der Waals surface area contributed by atoms with Gasteiger partial charge < -0.3 is 5.11 Å². The van der Waals surface area contributed by atoms with Crippen molar-refractivity contribution in [2.75, 3.05) is 0 Å². The molecular formula is C30H56O2. The van der Waals surface area contributed by atoms with Gasteiger partial charge in [-0.2, -0.15) is 0 Å². The molecule has 0 bridgehead atoms. The molecular weight excluding hydrogens is 392 g/mol. The van der Waals surface area contributed by atoms with Crippen LogP contribution in [0.5, 0.6) is 0 Å². The van der Waals surface area contributed by atoms with Crippen molar-refractivity contribution >= 4 is 5.97 Å². The van der Waals surface area contributed by atoms with Gasteiger partial charge in [-0.25, -0.2) is 0 Å². The Labute approximate surface area is 201 Å². The lowest BCUT2D eigenvalue weighted by molar-refractivity contribution is -0.137. The predicted molar refractivity (Wildman–Crippen MR) is 142 cm³/mol. The molecule has 0 aliphatic heterocycles. The summed E-state index contributed by atoms with van der Waals surface area (Å²) in [5, 5.41) is 8.60. The van der Waals surface area contributed by atoms with Crippen LogP contribution in [0.1, 0.15) is 161 Å². The third-order valence-electron chi connectivity index (χ3n) is 6.31. The van der Waals surface area contributed by atoms with E-state index in [9.17, 15) is 4.79 Å². The van der Waals surface area contributed by atoms with Crippen LogP contribution in [0.4, 0.5) is 0 Å². The summed E-state index contributed by atoms with van der Waals surface area (Å²) in [6.07, 6.45) is 40.0. The molecule has 0 aromatic carbocycles. The number of aliphatic carboxylic acids is 1. The molecule has 1 N–H and O–H groups in total. The second-order valence-electron chi connectivity index (χ2n) is 9.61. The molecule has 0 spiro atoms. The van der Waals surface area contributed by atoms with Crippen LogP contribution in [0.3, 0.4) is 0 Å². The van der Waals surface area contributed by atoms with Gasteiger partial charge in [0, 0.05) is 6.42 Å². The summed E-state index contributed by atoms with van der Waals surface area (Å²) < 4.78 is 0. The van der Waals surface area contributed by atoms with Crippen LogP contribution in [0.25, 0.3) is 0 Å². The Kier molecular flexibility index (Phi) is 27.1. The lowest BCUT2D eigenvalue weighted by atomic mass is 10.0. The third kappa shape index (κ3) is 28.9. The molecule has 0 atom stereocenters. The van der Waals surface area contributed by atoms with Crippen molar-refractivity contribution in [3.63, 3.8) is 0 Å². The summed E-state index contributed by atoms with van der Waals surface area (Å²) >= 11 is 0. The number of carbonyl (C=O) groups is 1. The number of rotatable bonds is 26. The minimum Gasteiger partial charge on any atom is -0.481 e. The highest BCUT2D eigenvalue weighted by atomic mass is 16.4. The molecule has 32 heavy (non-hydrogen) atoms. The number of carboxylic acid groups (broad SMARTS) is 1. The summed E-state index contributed by atoms with van der Waals surface area (Å²) in [6, 6.07) is 0. The summed E-state index contributed by atoms with van der Waals surface area (Å²) in [5.74, 6) is -0.662. The van der Waals surface area contributed by atoms with Crippen molar-refractivity contribution in [1.82, 2.24) is 0 Å². The number of carboxylic acids is 1. The van der Waals surface area contributed by atoms with E-state index in [1.165, 1.54) is 135 Å². The Bertz CT molecular complexity index is 425. The van der Waals surface area contributed by atoms with Gasteiger partial charge in [0.15, 0.2) is 0 Å². The molecule has 0 heterocycles. The van der Waals surface area contributed by atoms with Gasteiger partial charge in [0.1, 0.15) is 0 Å². The second kappa shape index (κ2) is 28.0. The van der Waals surface area contributed by atoms with Gasteiger partial charge in [0.05, 0.1) is 0 Å². The van der Waals surface area contributed by atoms with E-state index in [4.69, 9.17) is 5.11 Å². The van der Waals surface area contributed by atoms with E-state index in [2.05, 4.69) is 31.2 Å². The molecule has 2 nitrogen and oxygen atoms in total. The molecule has 0 aliphatic rings. The van der Waals surface area contributed by atoms with Crippen molar-refractivity contribution in [2.24, 2.45) is 0 Å². The Morgan fingerprint density at radius 2 is 0.750 bits per heavy atom. The van der Waals surface area contributed by atoms with Crippen molar-refractivity contribution in [3.05, 3.63) is 24.3 Å². The van der Waals surface area contributed by atoms with E-state index in [0.29, 0.717) is 6.42 Å². The first kappa shape index (κ1) is 30.9. The van der Waals surface area contributed by atoms with Gasteiger partial charge in [-0.1, -0.05) is 121 Å². The van der Waals surface area contributed by atoms with Crippen molar-refractivity contribution < 1.29 is 9.90 Å². The number of hydrogen-bond acceptors (Lipinski definition) is 1. The molecule has 0 amide bonds. The Hall–Kier alpha value is -1.05. The molecule has 0 aliphatic carbocycles. The number of allylic oxidation sites excluding steroid dienone is 4. The van der Waals surface area contributed by atoms with Crippen LogP contribution in [0.2, 0.25) is 0 Å². The van der Waals surface area contributed by atoms with Crippen LogP contribution in [0.15, 0.2) is 24.3 Å². The fraction of sp³-hybridized carbons (Fsp3) is 0.833. The molecule has 0 aromatic heterocycles. The first-order chi connectivity index (χ1) is 15.8. The molecule has 0 fully saturated rings. The summed E-state index contributed by atoms with van der Waals surface area (Å²) in [6.45, 7) is 2.28. The molecule has 0 radical (unpaired) electrons. The van der Waals surface area contributed by atoms with E-state index >= 15 is 0 Å². The third-order valence-corrected chi connectivity index (χ3v) is 6.31. The first-order valence-electron chi connectivity index (χ1n) is 14.3. The minimum absolute atomic E-state index is 0.331. The zero-order valence-corrected chi connectivity index (χ0v) is 21.6. The summed E-state index contributed by atoms with van der Waals surface area (Å²) in [4.78, 5) is 10.4. The van der Waals surface area contributed by atoms with Crippen molar-refractivity contribution in [3.8, 4) is 0 Å². The second-order valence-corrected chi connectivity index (χ2v) is 9.61. The molecule has 0 saturated carbocycles. The molecule has 0 saturated heterocycles. The number of unbranched alkanes of at least 4 members (excludes halogenated alkanes) is 20. The highest BCUT2D eigenvalue weighted by Crippen LogP contribution is 2.13. The van der Waals surface area contributed by atoms with Crippen molar-refractivity contribution in [2.45, 2.75) is 161 Å².